The lowest BCUT2D eigenvalue weighted by molar-refractivity contribution is -0.137. The Morgan fingerprint density at radius 2 is 1.69 bits per heavy atom. The second-order valence-electron chi connectivity index (χ2n) is 8.19. The van der Waals surface area contributed by atoms with Crippen molar-refractivity contribution in [1.29, 1.82) is 0 Å². The van der Waals surface area contributed by atoms with E-state index >= 15 is 0 Å². The van der Waals surface area contributed by atoms with E-state index in [2.05, 4.69) is 5.32 Å². The smallest absolute Gasteiger partial charge is 0.321 e. The lowest BCUT2D eigenvalue weighted by Gasteiger charge is -2.35. The molecule has 2 aliphatic heterocycles. The number of hydrogen-bond acceptors (Lipinski definition) is 4. The van der Waals surface area contributed by atoms with Crippen molar-refractivity contribution in [3.8, 4) is 5.75 Å². The van der Waals surface area contributed by atoms with E-state index in [-0.39, 0.29) is 24.3 Å². The summed E-state index contributed by atoms with van der Waals surface area (Å²) in [5.74, 6) is 0.121. The van der Waals surface area contributed by atoms with Gasteiger partial charge in [0.1, 0.15) is 5.75 Å². The molecule has 0 radical (unpaired) electrons. The molecule has 0 bridgehead atoms. The molecule has 32 heavy (non-hydrogen) atoms. The van der Waals surface area contributed by atoms with Crippen LogP contribution in [0.15, 0.2) is 48.5 Å². The average Bonchev–Trinajstić information content (AvgIpc) is 3.20. The molecule has 2 aliphatic rings. The number of nitrogens with zero attached hydrogens (tertiary/aromatic N) is 3. The predicted octanol–water partition coefficient (Wildman–Crippen LogP) is 2.73. The highest BCUT2D eigenvalue weighted by Gasteiger charge is 2.39. The van der Waals surface area contributed by atoms with Gasteiger partial charge in [0.15, 0.2) is 0 Å². The number of ether oxygens (including phenoxy) is 1. The molecule has 0 aromatic heterocycles. The molecule has 0 aliphatic carbocycles. The molecule has 2 heterocycles. The molecule has 8 heteroatoms. The number of methoxy groups -OCH3 is 1. The molecule has 0 saturated carbocycles. The van der Waals surface area contributed by atoms with Crippen LogP contribution in [0.3, 0.4) is 0 Å². The van der Waals surface area contributed by atoms with Gasteiger partial charge in [-0.05, 0) is 36.8 Å². The molecule has 1 atom stereocenters. The summed E-state index contributed by atoms with van der Waals surface area (Å²) in [6.45, 7) is 4.13. The molecule has 4 amide bonds. The van der Waals surface area contributed by atoms with Gasteiger partial charge in [0.25, 0.3) is 0 Å². The van der Waals surface area contributed by atoms with Crippen molar-refractivity contribution in [2.45, 2.75) is 13.3 Å². The maximum Gasteiger partial charge on any atom is 0.321 e. The monoisotopic (exact) mass is 436 g/mol. The van der Waals surface area contributed by atoms with Gasteiger partial charge in [-0.1, -0.05) is 24.3 Å². The molecule has 0 spiro atoms. The van der Waals surface area contributed by atoms with Crippen LogP contribution in [0.4, 0.5) is 16.2 Å². The maximum absolute atomic E-state index is 13.1. The number of carbonyl (C=O) groups excluding carboxylic acids is 3. The summed E-state index contributed by atoms with van der Waals surface area (Å²) in [6.07, 6.45) is 0.185. The van der Waals surface area contributed by atoms with Crippen LogP contribution in [0.5, 0.6) is 5.75 Å². The number of nitrogens with one attached hydrogen (secondary N) is 1. The molecule has 1 unspecified atom stereocenters. The van der Waals surface area contributed by atoms with Crippen molar-refractivity contribution < 1.29 is 19.1 Å². The Kier molecular flexibility index (Phi) is 6.30. The lowest BCUT2D eigenvalue weighted by atomic mass is 10.1. The summed E-state index contributed by atoms with van der Waals surface area (Å²) < 4.78 is 5.42. The summed E-state index contributed by atoms with van der Waals surface area (Å²) in [5, 5.41) is 2.88. The van der Waals surface area contributed by atoms with E-state index in [1.165, 1.54) is 0 Å². The molecular weight excluding hydrogens is 408 g/mol. The summed E-state index contributed by atoms with van der Waals surface area (Å²) in [4.78, 5) is 43.4. The van der Waals surface area contributed by atoms with Crippen molar-refractivity contribution in [1.82, 2.24) is 9.80 Å². The van der Waals surface area contributed by atoms with Crippen molar-refractivity contribution in [2.75, 3.05) is 50.1 Å². The number of aryl methyl sites for hydroxylation is 1. The van der Waals surface area contributed by atoms with Crippen molar-refractivity contribution in [3.63, 3.8) is 0 Å². The second kappa shape index (κ2) is 9.30. The highest BCUT2D eigenvalue weighted by Crippen LogP contribution is 2.34. The van der Waals surface area contributed by atoms with Gasteiger partial charge in [-0.2, -0.15) is 0 Å². The van der Waals surface area contributed by atoms with E-state index in [9.17, 15) is 14.4 Å². The fraction of sp³-hybridized carbons (Fsp3) is 0.375. The zero-order valence-corrected chi connectivity index (χ0v) is 18.4. The van der Waals surface area contributed by atoms with Crippen molar-refractivity contribution in [3.05, 3.63) is 54.1 Å². The SMILES string of the molecule is COc1ccc(C)cc1N1CC(C(=O)N2CCN(C(=O)Nc3ccccc3)CC2)CC1=O. The Bertz CT molecular complexity index is 1000. The standard InChI is InChI=1S/C24H28N4O4/c1-17-8-9-21(32-2)20(14-17)28-16-18(15-22(28)29)23(30)26-10-12-27(13-11-26)24(31)25-19-6-4-3-5-7-19/h3-9,14,18H,10-13,15-16H2,1-2H3,(H,25,31). The molecule has 2 aromatic carbocycles. The van der Waals surface area contributed by atoms with Crippen LogP contribution < -0.4 is 15.0 Å². The lowest BCUT2D eigenvalue weighted by Crippen LogP contribution is -2.53. The molecule has 4 rings (SSSR count). The number of benzene rings is 2. The third kappa shape index (κ3) is 4.54. The number of urea groups is 1. The van der Waals surface area contributed by atoms with Gasteiger partial charge in [0.2, 0.25) is 11.8 Å². The fourth-order valence-corrected chi connectivity index (χ4v) is 4.23. The van der Waals surface area contributed by atoms with Crippen LogP contribution in [-0.2, 0) is 9.59 Å². The maximum atomic E-state index is 13.1. The highest BCUT2D eigenvalue weighted by atomic mass is 16.5. The van der Waals surface area contributed by atoms with Crippen molar-refractivity contribution >= 4 is 29.2 Å². The molecular formula is C24H28N4O4. The number of anilines is 2. The van der Waals surface area contributed by atoms with Crippen LogP contribution in [0.25, 0.3) is 0 Å². The van der Waals surface area contributed by atoms with Crippen LogP contribution in [-0.4, -0.2) is 67.5 Å². The van der Waals surface area contributed by atoms with E-state index < -0.39 is 5.92 Å². The first-order valence-corrected chi connectivity index (χ1v) is 10.8. The van der Waals surface area contributed by atoms with Crippen molar-refractivity contribution in [2.24, 2.45) is 5.92 Å². The highest BCUT2D eigenvalue weighted by molar-refractivity contribution is 6.01. The van der Waals surface area contributed by atoms with Gasteiger partial charge in [0, 0.05) is 44.8 Å². The Morgan fingerprint density at radius 3 is 2.38 bits per heavy atom. The third-order valence-electron chi connectivity index (χ3n) is 6.00. The Balaban J connectivity index is 1.34. The van der Waals surface area contributed by atoms with Gasteiger partial charge < -0.3 is 24.8 Å². The Morgan fingerprint density at radius 1 is 1.00 bits per heavy atom. The van der Waals surface area contributed by atoms with E-state index in [0.717, 1.165) is 11.3 Å². The Labute approximate surface area is 187 Å². The van der Waals surface area contributed by atoms with Gasteiger partial charge in [-0.3, -0.25) is 9.59 Å². The third-order valence-corrected chi connectivity index (χ3v) is 6.00. The van der Waals surface area contributed by atoms with Gasteiger partial charge >= 0.3 is 6.03 Å². The molecule has 2 aromatic rings. The van der Waals surface area contributed by atoms with E-state index in [0.29, 0.717) is 44.2 Å². The fourth-order valence-electron chi connectivity index (χ4n) is 4.23. The van der Waals surface area contributed by atoms with Gasteiger partial charge in [-0.15, -0.1) is 0 Å². The van der Waals surface area contributed by atoms with E-state index in [4.69, 9.17) is 4.74 Å². The second-order valence-corrected chi connectivity index (χ2v) is 8.19. The minimum atomic E-state index is -0.391. The summed E-state index contributed by atoms with van der Waals surface area (Å²) >= 11 is 0. The van der Waals surface area contributed by atoms with E-state index in [1.54, 1.807) is 21.8 Å². The van der Waals surface area contributed by atoms with Gasteiger partial charge in [-0.25, -0.2) is 4.79 Å². The summed E-state index contributed by atoms with van der Waals surface area (Å²) in [6, 6.07) is 14.8. The average molecular weight is 437 g/mol. The quantitative estimate of drug-likeness (QED) is 0.799. The number of carbonyl (C=O) groups is 3. The molecule has 8 nitrogen and oxygen atoms in total. The van der Waals surface area contributed by atoms with Crippen LogP contribution in [0, 0.1) is 12.8 Å². The molecule has 168 valence electrons. The predicted molar refractivity (Wildman–Crippen MR) is 122 cm³/mol. The van der Waals surface area contributed by atoms with Crippen LogP contribution >= 0.6 is 0 Å². The Hall–Kier alpha value is -3.55. The topological polar surface area (TPSA) is 82.2 Å². The first-order valence-electron chi connectivity index (χ1n) is 10.8. The molecule has 2 fully saturated rings. The van der Waals surface area contributed by atoms with Crippen LogP contribution in [0.2, 0.25) is 0 Å². The normalized spacial score (nSPS) is 18.6. The van der Waals surface area contributed by atoms with E-state index in [1.807, 2.05) is 55.5 Å². The van der Waals surface area contributed by atoms with Gasteiger partial charge in [0.05, 0.1) is 18.7 Å². The first kappa shape index (κ1) is 21.7. The zero-order valence-electron chi connectivity index (χ0n) is 18.4. The number of hydrogen-bond donors (Lipinski definition) is 1. The minimum Gasteiger partial charge on any atom is -0.495 e. The summed E-state index contributed by atoms with van der Waals surface area (Å²) in [7, 11) is 1.57. The largest absolute Gasteiger partial charge is 0.495 e. The molecule has 1 N–H and O–H groups in total. The number of para-hydroxylation sites is 1. The minimum absolute atomic E-state index is 0.0319. The first-order chi connectivity index (χ1) is 15.5. The zero-order chi connectivity index (χ0) is 22.7. The molecule has 2 saturated heterocycles. The summed E-state index contributed by atoms with van der Waals surface area (Å²) in [5.41, 5.74) is 2.47. The number of amides is 4. The van der Waals surface area contributed by atoms with Crippen LogP contribution in [0.1, 0.15) is 12.0 Å². The number of rotatable bonds is 4. The number of piperazine rings is 1.